The monoisotopic (exact) mass is 375 g/mol. The lowest BCUT2D eigenvalue weighted by Gasteiger charge is -2.35. The first-order valence-corrected chi connectivity index (χ1v) is 8.33. The second-order valence-corrected chi connectivity index (χ2v) is 6.95. The molecule has 2 heterocycles. The van der Waals surface area contributed by atoms with Crippen molar-refractivity contribution in [1.82, 2.24) is 9.55 Å². The predicted octanol–water partition coefficient (Wildman–Crippen LogP) is 0.0250. The van der Waals surface area contributed by atoms with Crippen molar-refractivity contribution in [3.05, 3.63) is 22.7 Å². The zero-order valence-electron chi connectivity index (χ0n) is 13.7. The summed E-state index contributed by atoms with van der Waals surface area (Å²) in [5, 5.41) is 9.67. The van der Waals surface area contributed by atoms with Crippen LogP contribution >= 0.6 is 11.6 Å². The molecule has 1 aliphatic carbocycles. The van der Waals surface area contributed by atoms with E-state index in [-0.39, 0.29) is 11.7 Å². The molecule has 0 radical (unpaired) electrons. The summed E-state index contributed by atoms with van der Waals surface area (Å²) < 4.78 is 27.6. The van der Waals surface area contributed by atoms with E-state index in [9.17, 15) is 14.7 Å². The quantitative estimate of drug-likeness (QED) is 0.550. The molecule has 2 fully saturated rings. The van der Waals surface area contributed by atoms with Gasteiger partial charge in [0.25, 0.3) is 0 Å². The highest BCUT2D eigenvalue weighted by Gasteiger charge is 2.84. The van der Waals surface area contributed by atoms with E-state index in [1.54, 1.807) is 13.8 Å². The first-order valence-electron chi connectivity index (χ1n) is 7.80. The average molecular weight is 376 g/mol. The molecule has 3 N–H and O–H groups in total. The normalized spacial score (nSPS) is 36.3. The average Bonchev–Trinajstić information content (AvgIpc) is 3.05. The van der Waals surface area contributed by atoms with E-state index in [1.807, 2.05) is 0 Å². The number of nitrogens with two attached hydrogens (primary N) is 1. The number of ether oxygens (including phenoxy) is 2. The molecule has 5 atom stereocenters. The molecule has 1 aromatic rings. The van der Waals surface area contributed by atoms with Gasteiger partial charge in [0.05, 0.1) is 18.4 Å². The van der Waals surface area contributed by atoms with Crippen LogP contribution in [0.5, 0.6) is 0 Å². The third-order valence-electron chi connectivity index (χ3n) is 4.66. The topological polar surface area (TPSA) is 117 Å². The molecule has 0 aromatic carbocycles. The van der Waals surface area contributed by atoms with Crippen molar-refractivity contribution in [3.63, 3.8) is 0 Å². The van der Waals surface area contributed by atoms with Crippen LogP contribution in [-0.4, -0.2) is 56.6 Å². The van der Waals surface area contributed by atoms with Crippen LogP contribution in [0, 0.1) is 5.92 Å². The van der Waals surface area contributed by atoms with Gasteiger partial charge in [0.2, 0.25) is 5.67 Å². The van der Waals surface area contributed by atoms with Crippen LogP contribution in [0.15, 0.2) is 17.1 Å². The minimum Gasteiger partial charge on any atom is -0.455 e. The van der Waals surface area contributed by atoms with Gasteiger partial charge in [-0.15, -0.1) is 11.6 Å². The molecule has 25 heavy (non-hydrogen) atoms. The first-order chi connectivity index (χ1) is 11.7. The number of carbonyl (C=O) groups is 1. The van der Waals surface area contributed by atoms with E-state index in [1.165, 1.54) is 12.3 Å². The molecule has 1 aliphatic heterocycles. The lowest BCUT2D eigenvalue weighted by molar-refractivity contribution is -0.176. The minimum atomic E-state index is -2.19. The number of nitrogen functional groups attached to an aromatic ring is 1. The number of rotatable bonds is 5. The smallest absolute Gasteiger partial charge is 0.349 e. The summed E-state index contributed by atoms with van der Waals surface area (Å²) in [5.74, 6) is -1.42. The summed E-state index contributed by atoms with van der Waals surface area (Å²) in [7, 11) is 0. The van der Waals surface area contributed by atoms with Crippen molar-refractivity contribution in [1.29, 1.82) is 0 Å². The highest BCUT2D eigenvalue weighted by molar-refractivity contribution is 6.18. The molecule has 1 saturated carbocycles. The lowest BCUT2D eigenvalue weighted by atomic mass is 9.95. The third-order valence-corrected chi connectivity index (χ3v) is 5.11. The molecule has 8 nitrogen and oxygen atoms in total. The molecule has 1 aromatic heterocycles. The Morgan fingerprint density at radius 3 is 2.84 bits per heavy atom. The zero-order valence-corrected chi connectivity index (χ0v) is 14.4. The number of esters is 1. The second kappa shape index (κ2) is 5.93. The van der Waals surface area contributed by atoms with Gasteiger partial charge < -0.3 is 20.3 Å². The fourth-order valence-electron chi connectivity index (χ4n) is 3.22. The summed E-state index contributed by atoms with van der Waals surface area (Å²) in [5.41, 5.74) is 0.946. The van der Waals surface area contributed by atoms with E-state index < -0.39 is 53.7 Å². The van der Waals surface area contributed by atoms with Gasteiger partial charge in [-0.1, -0.05) is 13.8 Å². The van der Waals surface area contributed by atoms with E-state index in [2.05, 4.69) is 4.98 Å². The molecule has 3 rings (SSSR count). The Morgan fingerprint density at radius 2 is 2.32 bits per heavy atom. The molecule has 10 heteroatoms. The number of alkyl halides is 2. The van der Waals surface area contributed by atoms with E-state index in [0.717, 1.165) is 4.57 Å². The molecular weight excluding hydrogens is 357 g/mol. The van der Waals surface area contributed by atoms with Crippen LogP contribution in [0.2, 0.25) is 0 Å². The van der Waals surface area contributed by atoms with Gasteiger partial charge in [0, 0.05) is 6.20 Å². The Kier molecular flexibility index (Phi) is 4.29. The van der Waals surface area contributed by atoms with Gasteiger partial charge in [-0.3, -0.25) is 9.36 Å². The standard InChI is InChI=1S/C15H19ClFN3O5/c1-7(2)11(22)24-12-14(5-16,6-21)25-10-9(15(10,12)17)20-4-3-8(18)19-13(20)23/h3-4,7,9-10,12,21H,5-6H2,1-2H3,(H2,18,19,23). The molecular formula is C15H19ClFN3O5. The molecule has 1 saturated heterocycles. The summed E-state index contributed by atoms with van der Waals surface area (Å²) in [6.45, 7) is 2.57. The van der Waals surface area contributed by atoms with Crippen molar-refractivity contribution in [2.24, 2.45) is 5.92 Å². The zero-order chi connectivity index (χ0) is 18.6. The minimum absolute atomic E-state index is 0.00846. The van der Waals surface area contributed by atoms with Crippen LogP contribution in [0.1, 0.15) is 19.9 Å². The maximum absolute atomic E-state index is 15.7. The van der Waals surface area contributed by atoms with Crippen molar-refractivity contribution in [3.8, 4) is 0 Å². The Morgan fingerprint density at radius 1 is 1.64 bits per heavy atom. The number of nitrogens with zero attached hydrogens (tertiary/aromatic N) is 2. The molecule has 0 amide bonds. The van der Waals surface area contributed by atoms with E-state index >= 15 is 4.39 Å². The number of aromatic nitrogens is 2. The van der Waals surface area contributed by atoms with Crippen LogP contribution < -0.4 is 11.4 Å². The van der Waals surface area contributed by atoms with Gasteiger partial charge >= 0.3 is 11.7 Å². The SMILES string of the molecule is CC(C)C(=O)OC1C(CO)(CCl)OC2C(n3ccc(N)nc3=O)C21F. The number of hydrogen-bond acceptors (Lipinski definition) is 7. The maximum atomic E-state index is 15.7. The summed E-state index contributed by atoms with van der Waals surface area (Å²) in [4.78, 5) is 27.6. The van der Waals surface area contributed by atoms with E-state index in [4.69, 9.17) is 26.8 Å². The Balaban J connectivity index is 1.97. The van der Waals surface area contributed by atoms with Crippen molar-refractivity contribution >= 4 is 23.4 Å². The van der Waals surface area contributed by atoms with Crippen molar-refractivity contribution < 1.29 is 23.8 Å². The number of fused-ring (bicyclic) bond motifs is 1. The maximum Gasteiger partial charge on any atom is 0.349 e. The molecule has 5 unspecified atom stereocenters. The fourth-order valence-corrected chi connectivity index (χ4v) is 3.50. The van der Waals surface area contributed by atoms with Crippen molar-refractivity contribution in [2.75, 3.05) is 18.2 Å². The highest BCUT2D eigenvalue weighted by atomic mass is 35.5. The highest BCUT2D eigenvalue weighted by Crippen LogP contribution is 2.65. The predicted molar refractivity (Wildman–Crippen MR) is 85.9 cm³/mol. The summed E-state index contributed by atoms with van der Waals surface area (Å²) >= 11 is 5.88. The molecule has 138 valence electrons. The second-order valence-electron chi connectivity index (χ2n) is 6.68. The lowest BCUT2D eigenvalue weighted by Crippen LogP contribution is -2.54. The number of anilines is 1. The number of halogens is 2. The Hall–Kier alpha value is -1.71. The Labute approximate surface area is 147 Å². The van der Waals surface area contributed by atoms with Gasteiger partial charge in [-0.25, -0.2) is 9.18 Å². The third kappa shape index (κ3) is 2.52. The van der Waals surface area contributed by atoms with Crippen LogP contribution in [0.25, 0.3) is 0 Å². The van der Waals surface area contributed by atoms with Crippen LogP contribution in [-0.2, 0) is 14.3 Å². The van der Waals surface area contributed by atoms with Gasteiger partial charge in [0.1, 0.15) is 23.6 Å². The fraction of sp³-hybridized carbons (Fsp3) is 0.667. The van der Waals surface area contributed by atoms with E-state index in [0.29, 0.717) is 0 Å². The first kappa shape index (κ1) is 18.1. The van der Waals surface area contributed by atoms with Gasteiger partial charge in [0.15, 0.2) is 6.10 Å². The number of hydrogen-bond donors (Lipinski definition) is 2. The number of aliphatic hydroxyl groups excluding tert-OH is 1. The molecule has 0 spiro atoms. The van der Waals surface area contributed by atoms with Crippen LogP contribution in [0.4, 0.5) is 10.2 Å². The summed E-state index contributed by atoms with van der Waals surface area (Å²) in [6, 6.07) is 0.315. The van der Waals surface area contributed by atoms with Gasteiger partial charge in [-0.05, 0) is 6.07 Å². The van der Waals surface area contributed by atoms with Crippen molar-refractivity contribution in [2.45, 2.75) is 43.4 Å². The number of carbonyl (C=O) groups excluding carboxylic acids is 1. The number of aliphatic hydroxyl groups is 1. The molecule has 2 aliphatic rings. The van der Waals surface area contributed by atoms with Crippen LogP contribution in [0.3, 0.4) is 0 Å². The van der Waals surface area contributed by atoms with Gasteiger partial charge in [-0.2, -0.15) is 4.98 Å². The largest absolute Gasteiger partial charge is 0.455 e. The molecule has 0 bridgehead atoms. The Bertz CT molecular complexity index is 753. The summed E-state index contributed by atoms with van der Waals surface area (Å²) in [6.07, 6.45) is -1.23.